The highest BCUT2D eigenvalue weighted by Gasteiger charge is 2.63. The Morgan fingerprint density at radius 3 is 2.41 bits per heavy atom. The van der Waals surface area contributed by atoms with E-state index in [0.717, 1.165) is 45.2 Å². The van der Waals surface area contributed by atoms with E-state index < -0.39 is 5.97 Å². The summed E-state index contributed by atoms with van der Waals surface area (Å²) in [6.07, 6.45) is 9.30. The van der Waals surface area contributed by atoms with Crippen LogP contribution in [0.5, 0.6) is 0 Å². The number of hydrogen-bond acceptors (Lipinski definition) is 4. The lowest BCUT2D eigenvalue weighted by Crippen LogP contribution is -2.62. The molecule has 0 aromatic rings. The number of nitrogens with zero attached hydrogens (tertiary/aromatic N) is 1. The second-order valence-corrected chi connectivity index (χ2v) is 14.3. The Bertz CT molecular complexity index is 832. The van der Waals surface area contributed by atoms with Crippen LogP contribution in [-0.2, 0) is 9.59 Å². The van der Waals surface area contributed by atoms with E-state index >= 15 is 0 Å². The van der Waals surface area contributed by atoms with Crippen LogP contribution >= 0.6 is 0 Å². The highest BCUT2D eigenvalue weighted by Crippen LogP contribution is 2.67. The molecule has 0 radical (unpaired) electrons. The predicted molar refractivity (Wildman–Crippen MR) is 147 cm³/mol. The van der Waals surface area contributed by atoms with Crippen LogP contribution in [0.3, 0.4) is 0 Å². The molecule has 1 saturated heterocycles. The summed E-state index contributed by atoms with van der Waals surface area (Å²) in [7, 11) is 1.90. The number of piperidine rings is 1. The number of likely N-dealkylation sites (N-methyl/N-ethyl adjacent to an activating group) is 1. The van der Waals surface area contributed by atoms with Gasteiger partial charge in [-0.3, -0.25) is 9.59 Å². The van der Waals surface area contributed by atoms with E-state index in [0.29, 0.717) is 41.4 Å². The summed E-state index contributed by atoms with van der Waals surface area (Å²) >= 11 is 0. The van der Waals surface area contributed by atoms with Gasteiger partial charge in [-0.25, -0.2) is 0 Å². The van der Waals surface area contributed by atoms with Crippen molar-refractivity contribution >= 4 is 11.9 Å². The fraction of sp³-hybridized carbons (Fsp3) is 0.935. The van der Waals surface area contributed by atoms with Gasteiger partial charge in [0.1, 0.15) is 0 Å². The molecule has 3 aliphatic carbocycles. The summed E-state index contributed by atoms with van der Waals surface area (Å²) in [5.41, 5.74) is 0.446. The second-order valence-electron chi connectivity index (χ2n) is 14.3. The van der Waals surface area contributed by atoms with Crippen molar-refractivity contribution < 1.29 is 19.8 Å². The van der Waals surface area contributed by atoms with Crippen LogP contribution in [0, 0.1) is 52.3 Å². The smallest absolute Gasteiger partial charge is 0.303 e. The van der Waals surface area contributed by atoms with Gasteiger partial charge in [0.05, 0.1) is 12.1 Å². The summed E-state index contributed by atoms with van der Waals surface area (Å²) in [5.74, 6) is 3.02. The van der Waals surface area contributed by atoms with Crippen molar-refractivity contribution in [1.82, 2.24) is 10.2 Å². The quantitative estimate of drug-likeness (QED) is 0.391. The van der Waals surface area contributed by atoms with Crippen LogP contribution < -0.4 is 5.32 Å². The molecule has 37 heavy (non-hydrogen) atoms. The second kappa shape index (κ2) is 11.2. The average Bonchev–Trinajstić information content (AvgIpc) is 3.19. The number of carbonyl (C=O) groups is 2. The number of nitrogens with one attached hydrogen (secondary N) is 1. The van der Waals surface area contributed by atoms with Crippen molar-refractivity contribution in [2.24, 2.45) is 52.3 Å². The van der Waals surface area contributed by atoms with Crippen LogP contribution in [0.2, 0.25) is 0 Å². The molecule has 0 spiro atoms. The maximum atomic E-state index is 13.4. The van der Waals surface area contributed by atoms with Crippen molar-refractivity contribution in [2.75, 3.05) is 20.1 Å². The Kier molecular flexibility index (Phi) is 8.70. The molecule has 6 heteroatoms. The number of fused-ring (bicyclic) bond motifs is 5. The van der Waals surface area contributed by atoms with Gasteiger partial charge in [-0.05, 0) is 117 Å². The number of aliphatic carboxylic acids is 1. The molecule has 10 atom stereocenters. The van der Waals surface area contributed by atoms with Crippen molar-refractivity contribution in [3.8, 4) is 0 Å². The minimum Gasteiger partial charge on any atom is -0.481 e. The molecule has 3 N–H and O–H groups in total. The molecular formula is C31H54N2O4. The summed E-state index contributed by atoms with van der Waals surface area (Å²) in [6.45, 7) is 13.3. The fourth-order valence-corrected chi connectivity index (χ4v) is 9.91. The molecule has 1 aliphatic heterocycles. The van der Waals surface area contributed by atoms with E-state index in [9.17, 15) is 14.7 Å². The monoisotopic (exact) mass is 518 g/mol. The van der Waals surface area contributed by atoms with Crippen LogP contribution in [0.15, 0.2) is 0 Å². The Hall–Kier alpha value is -1.14. The molecule has 1 heterocycles. The van der Waals surface area contributed by atoms with Crippen molar-refractivity contribution in [2.45, 2.75) is 111 Å². The fourth-order valence-electron chi connectivity index (χ4n) is 9.91. The Labute approximate surface area is 225 Å². The molecule has 1 amide bonds. The number of rotatable bonds is 9. The van der Waals surface area contributed by atoms with Crippen LogP contribution in [0.4, 0.5) is 0 Å². The lowest BCUT2D eigenvalue weighted by molar-refractivity contribution is -0.176. The van der Waals surface area contributed by atoms with E-state index in [1.807, 2.05) is 7.05 Å². The maximum absolute atomic E-state index is 13.4. The molecular weight excluding hydrogens is 464 g/mol. The van der Waals surface area contributed by atoms with E-state index in [1.165, 1.54) is 25.7 Å². The summed E-state index contributed by atoms with van der Waals surface area (Å²) < 4.78 is 0. The van der Waals surface area contributed by atoms with Gasteiger partial charge in [0.25, 0.3) is 0 Å². The highest BCUT2D eigenvalue weighted by molar-refractivity contribution is 5.82. The van der Waals surface area contributed by atoms with E-state index in [2.05, 4.69) is 44.8 Å². The third kappa shape index (κ3) is 5.35. The molecule has 212 valence electrons. The zero-order chi connectivity index (χ0) is 27.1. The number of carbonyl (C=O) groups excluding carboxylic acids is 1. The molecule has 6 nitrogen and oxygen atoms in total. The topological polar surface area (TPSA) is 89.9 Å². The highest BCUT2D eigenvalue weighted by atomic mass is 16.4. The SMILES string of the molecule is CN[C@@H](CC(C)C)C(=O)N1CC[C@@]2(C)[C@H](C[C@H](O)[C@@H]3[C@@H]2CC[C@]2(C)[C@@H]([C@H](C)CCCC(=O)O)CC[C@@H]32)C1. The van der Waals surface area contributed by atoms with Gasteiger partial charge < -0.3 is 20.4 Å². The first-order valence-corrected chi connectivity index (χ1v) is 15.3. The number of carboxylic acid groups (broad SMARTS) is 1. The van der Waals surface area contributed by atoms with E-state index in [1.54, 1.807) is 0 Å². The standard InChI is InChI=1S/C31H54N2O4/c1-19(2)16-25(32-6)29(37)33-15-14-30(4)21(18-33)17-26(34)28-23-11-10-22(20(3)8-7-9-27(35)36)31(23,5)13-12-24(28)30/h19-26,28,32,34H,7-18H2,1-6H3,(H,35,36)/t20-,21-,22-,23+,24+,25+,26+,28+,30+,31-/m1/s1. The average molecular weight is 519 g/mol. The number of amides is 1. The first-order valence-electron chi connectivity index (χ1n) is 15.3. The van der Waals surface area contributed by atoms with Crippen molar-refractivity contribution in [3.05, 3.63) is 0 Å². The number of aliphatic hydroxyl groups is 1. The maximum Gasteiger partial charge on any atom is 0.303 e. The van der Waals surface area contributed by atoms with Gasteiger partial charge in [0.15, 0.2) is 0 Å². The van der Waals surface area contributed by atoms with E-state index in [-0.39, 0.29) is 35.3 Å². The first kappa shape index (κ1) is 28.9. The molecule has 0 bridgehead atoms. The molecule has 0 aromatic carbocycles. The van der Waals surface area contributed by atoms with Crippen LogP contribution in [-0.4, -0.2) is 59.3 Å². The molecule has 0 unspecified atom stereocenters. The van der Waals surface area contributed by atoms with Crippen molar-refractivity contribution in [1.29, 1.82) is 0 Å². The molecule has 4 aliphatic rings. The number of carboxylic acids is 1. The van der Waals surface area contributed by atoms with Gasteiger partial charge in [0.2, 0.25) is 5.91 Å². The molecule has 4 rings (SSSR count). The normalized spacial score (nSPS) is 41.0. The lowest BCUT2D eigenvalue weighted by Gasteiger charge is -2.63. The number of likely N-dealkylation sites (tertiary alicyclic amines) is 1. The lowest BCUT2D eigenvalue weighted by atomic mass is 9.44. The van der Waals surface area contributed by atoms with Gasteiger partial charge in [-0.2, -0.15) is 0 Å². The molecule has 0 aromatic heterocycles. The Balaban J connectivity index is 1.46. The molecule has 3 saturated carbocycles. The minimum absolute atomic E-state index is 0.117. The van der Waals surface area contributed by atoms with Gasteiger partial charge in [0, 0.05) is 19.5 Å². The summed E-state index contributed by atoms with van der Waals surface area (Å²) in [6, 6.07) is -0.117. The van der Waals surface area contributed by atoms with Crippen molar-refractivity contribution in [3.63, 3.8) is 0 Å². The molecule has 4 fully saturated rings. The number of aliphatic hydroxyl groups excluding tert-OH is 1. The largest absolute Gasteiger partial charge is 0.481 e. The summed E-state index contributed by atoms with van der Waals surface area (Å²) in [4.78, 5) is 26.5. The zero-order valence-corrected chi connectivity index (χ0v) is 24.3. The van der Waals surface area contributed by atoms with Crippen LogP contribution in [0.25, 0.3) is 0 Å². The van der Waals surface area contributed by atoms with E-state index in [4.69, 9.17) is 5.11 Å². The van der Waals surface area contributed by atoms with Gasteiger partial charge in [-0.1, -0.05) is 34.6 Å². The van der Waals surface area contributed by atoms with Gasteiger partial charge >= 0.3 is 5.97 Å². The third-order valence-electron chi connectivity index (χ3n) is 11.9. The Morgan fingerprint density at radius 1 is 1.05 bits per heavy atom. The van der Waals surface area contributed by atoms with Crippen LogP contribution in [0.1, 0.15) is 98.8 Å². The predicted octanol–water partition coefficient (Wildman–Crippen LogP) is 5.19. The number of hydrogen-bond donors (Lipinski definition) is 3. The minimum atomic E-state index is -0.689. The first-order chi connectivity index (χ1) is 17.4. The summed E-state index contributed by atoms with van der Waals surface area (Å²) in [5, 5.41) is 24.0. The zero-order valence-electron chi connectivity index (χ0n) is 24.3. The third-order valence-corrected chi connectivity index (χ3v) is 11.9. The van der Waals surface area contributed by atoms with Gasteiger partial charge in [-0.15, -0.1) is 0 Å². The Morgan fingerprint density at radius 2 is 1.76 bits per heavy atom.